The molecule has 1 aromatic heterocycles. The second-order valence-corrected chi connectivity index (χ2v) is 4.70. The van der Waals surface area contributed by atoms with Crippen molar-refractivity contribution < 1.29 is 13.2 Å². The van der Waals surface area contributed by atoms with Gasteiger partial charge in [0, 0.05) is 18.5 Å². The van der Waals surface area contributed by atoms with Crippen LogP contribution in [0, 0.1) is 0 Å². The normalized spacial score (nSPS) is 12.0. The Hall–Kier alpha value is -0.690. The standard InChI is InChI=1S/C10H16F3N3S/c1-2-4-14-8-9-3-5-16(15-9)6-7-17-10(11,12)13/h3,5,14H,2,4,6-8H2,1H3. The molecule has 17 heavy (non-hydrogen) atoms. The third kappa shape index (κ3) is 6.58. The number of nitrogens with zero attached hydrogens (tertiary/aromatic N) is 2. The molecule has 0 spiro atoms. The number of thioether (sulfide) groups is 1. The van der Waals surface area contributed by atoms with E-state index in [4.69, 9.17) is 0 Å². The molecule has 1 N–H and O–H groups in total. The van der Waals surface area contributed by atoms with E-state index in [1.165, 1.54) is 0 Å². The summed E-state index contributed by atoms with van der Waals surface area (Å²) in [6.07, 6.45) is 2.75. The minimum absolute atomic E-state index is 0.00694. The molecule has 0 atom stereocenters. The van der Waals surface area contributed by atoms with Gasteiger partial charge in [-0.15, -0.1) is 0 Å². The molecule has 0 aliphatic rings. The summed E-state index contributed by atoms with van der Waals surface area (Å²) in [5.41, 5.74) is -3.30. The lowest BCUT2D eigenvalue weighted by Crippen LogP contribution is -2.14. The highest BCUT2D eigenvalue weighted by Crippen LogP contribution is 2.29. The van der Waals surface area contributed by atoms with Gasteiger partial charge < -0.3 is 5.32 Å². The van der Waals surface area contributed by atoms with Crippen LogP contribution in [0.25, 0.3) is 0 Å². The minimum atomic E-state index is -4.15. The molecule has 1 heterocycles. The third-order valence-corrected chi connectivity index (χ3v) is 2.73. The van der Waals surface area contributed by atoms with Crippen molar-refractivity contribution in [2.45, 2.75) is 31.9 Å². The first kappa shape index (κ1) is 14.4. The molecule has 0 radical (unpaired) electrons. The molecule has 0 aromatic carbocycles. The van der Waals surface area contributed by atoms with Crippen LogP contribution < -0.4 is 5.32 Å². The van der Waals surface area contributed by atoms with Gasteiger partial charge in [-0.25, -0.2) is 0 Å². The van der Waals surface area contributed by atoms with Crippen molar-refractivity contribution in [2.75, 3.05) is 12.3 Å². The van der Waals surface area contributed by atoms with Crippen molar-refractivity contribution >= 4 is 11.8 Å². The summed E-state index contributed by atoms with van der Waals surface area (Å²) in [5, 5.41) is 7.36. The minimum Gasteiger partial charge on any atom is -0.311 e. The molecule has 0 aliphatic heterocycles. The monoisotopic (exact) mass is 267 g/mol. The van der Waals surface area contributed by atoms with E-state index >= 15 is 0 Å². The summed E-state index contributed by atoms with van der Waals surface area (Å²) in [6, 6.07) is 1.82. The Morgan fingerprint density at radius 2 is 2.24 bits per heavy atom. The van der Waals surface area contributed by atoms with E-state index in [0.717, 1.165) is 18.7 Å². The third-order valence-electron chi connectivity index (χ3n) is 2.01. The van der Waals surface area contributed by atoms with Crippen LogP contribution in [0.1, 0.15) is 19.0 Å². The molecule has 0 saturated heterocycles. The Morgan fingerprint density at radius 1 is 1.47 bits per heavy atom. The van der Waals surface area contributed by atoms with Crippen molar-refractivity contribution in [1.29, 1.82) is 0 Å². The Labute approximate surface area is 103 Å². The summed E-state index contributed by atoms with van der Waals surface area (Å²) in [6.45, 7) is 3.92. The lowest BCUT2D eigenvalue weighted by atomic mass is 10.4. The summed E-state index contributed by atoms with van der Waals surface area (Å²) in [4.78, 5) is 0. The molecule has 0 fully saturated rings. The number of halogens is 3. The number of hydrogen-bond donors (Lipinski definition) is 1. The predicted octanol–water partition coefficient (Wildman–Crippen LogP) is 2.64. The fourth-order valence-electron chi connectivity index (χ4n) is 1.27. The first-order valence-electron chi connectivity index (χ1n) is 5.45. The van der Waals surface area contributed by atoms with E-state index in [-0.39, 0.29) is 24.1 Å². The quantitative estimate of drug-likeness (QED) is 0.770. The highest BCUT2D eigenvalue weighted by molar-refractivity contribution is 8.00. The van der Waals surface area contributed by atoms with Crippen LogP contribution in [0.15, 0.2) is 12.3 Å². The van der Waals surface area contributed by atoms with Crippen molar-refractivity contribution in [2.24, 2.45) is 0 Å². The van der Waals surface area contributed by atoms with Gasteiger partial charge in [-0.05, 0) is 30.8 Å². The molecule has 1 aromatic rings. The van der Waals surface area contributed by atoms with E-state index in [1.807, 2.05) is 6.07 Å². The summed E-state index contributed by atoms with van der Waals surface area (Å²) < 4.78 is 37.2. The summed E-state index contributed by atoms with van der Waals surface area (Å²) >= 11 is -0.0173. The van der Waals surface area contributed by atoms with E-state index in [2.05, 4.69) is 17.3 Å². The number of rotatable bonds is 7. The lowest BCUT2D eigenvalue weighted by Gasteiger charge is -2.05. The number of aromatic nitrogens is 2. The van der Waals surface area contributed by atoms with Gasteiger partial charge in [0.2, 0.25) is 0 Å². The molecule has 0 amide bonds. The van der Waals surface area contributed by atoms with Crippen LogP contribution in [-0.2, 0) is 13.1 Å². The average molecular weight is 267 g/mol. The number of nitrogens with one attached hydrogen (secondary N) is 1. The number of aryl methyl sites for hydroxylation is 1. The molecule has 3 nitrogen and oxygen atoms in total. The smallest absolute Gasteiger partial charge is 0.311 e. The maximum Gasteiger partial charge on any atom is 0.441 e. The summed E-state index contributed by atoms with van der Waals surface area (Å²) in [5.74, 6) is -0.00694. The maximum absolute atomic E-state index is 11.9. The van der Waals surface area contributed by atoms with Crippen LogP contribution in [-0.4, -0.2) is 27.6 Å². The molecular weight excluding hydrogens is 251 g/mol. The van der Waals surface area contributed by atoms with Crippen LogP contribution in [0.4, 0.5) is 13.2 Å². The van der Waals surface area contributed by atoms with Crippen LogP contribution >= 0.6 is 11.8 Å². The van der Waals surface area contributed by atoms with Crippen molar-refractivity contribution in [3.8, 4) is 0 Å². The van der Waals surface area contributed by atoms with Gasteiger partial charge in [0.1, 0.15) is 0 Å². The molecule has 98 valence electrons. The predicted molar refractivity (Wildman–Crippen MR) is 62.7 cm³/mol. The number of alkyl halides is 3. The first-order chi connectivity index (χ1) is 8.01. The maximum atomic E-state index is 11.9. The number of hydrogen-bond acceptors (Lipinski definition) is 3. The van der Waals surface area contributed by atoms with Crippen LogP contribution in [0.3, 0.4) is 0 Å². The second kappa shape index (κ2) is 6.90. The zero-order valence-corrected chi connectivity index (χ0v) is 10.4. The van der Waals surface area contributed by atoms with Gasteiger partial charge in [-0.1, -0.05) is 6.92 Å². The van der Waals surface area contributed by atoms with Crippen LogP contribution in [0.5, 0.6) is 0 Å². The Bertz CT molecular complexity index is 325. The zero-order valence-electron chi connectivity index (χ0n) is 9.63. The molecule has 0 bridgehead atoms. The van der Waals surface area contributed by atoms with E-state index in [1.54, 1.807) is 10.9 Å². The molecule has 7 heteroatoms. The highest BCUT2D eigenvalue weighted by atomic mass is 32.2. The van der Waals surface area contributed by atoms with Gasteiger partial charge in [0.05, 0.1) is 12.2 Å². The first-order valence-corrected chi connectivity index (χ1v) is 6.43. The molecule has 0 aliphatic carbocycles. The summed E-state index contributed by atoms with van der Waals surface area (Å²) in [7, 11) is 0. The largest absolute Gasteiger partial charge is 0.441 e. The Balaban J connectivity index is 2.26. The molecule has 1 rings (SSSR count). The molecule has 0 saturated carbocycles. The topological polar surface area (TPSA) is 29.9 Å². The SMILES string of the molecule is CCCNCc1ccn(CCSC(F)(F)F)n1. The molecule has 0 unspecified atom stereocenters. The van der Waals surface area contributed by atoms with Crippen LogP contribution in [0.2, 0.25) is 0 Å². The van der Waals surface area contributed by atoms with E-state index in [0.29, 0.717) is 6.54 Å². The van der Waals surface area contributed by atoms with Crippen molar-refractivity contribution in [1.82, 2.24) is 15.1 Å². The van der Waals surface area contributed by atoms with Gasteiger partial charge in [-0.2, -0.15) is 18.3 Å². The van der Waals surface area contributed by atoms with E-state index < -0.39 is 5.51 Å². The lowest BCUT2D eigenvalue weighted by molar-refractivity contribution is -0.0328. The van der Waals surface area contributed by atoms with E-state index in [9.17, 15) is 13.2 Å². The Morgan fingerprint density at radius 3 is 2.88 bits per heavy atom. The fraction of sp³-hybridized carbons (Fsp3) is 0.700. The second-order valence-electron chi connectivity index (χ2n) is 3.54. The van der Waals surface area contributed by atoms with Gasteiger partial charge in [0.15, 0.2) is 0 Å². The van der Waals surface area contributed by atoms with Crippen molar-refractivity contribution in [3.63, 3.8) is 0 Å². The Kier molecular flexibility index (Phi) is 5.84. The average Bonchev–Trinajstić information content (AvgIpc) is 2.64. The van der Waals surface area contributed by atoms with Crippen molar-refractivity contribution in [3.05, 3.63) is 18.0 Å². The zero-order chi connectivity index (χ0) is 12.7. The van der Waals surface area contributed by atoms with Gasteiger partial charge in [0.25, 0.3) is 0 Å². The van der Waals surface area contributed by atoms with Gasteiger partial charge in [-0.3, -0.25) is 4.68 Å². The fourth-order valence-corrected chi connectivity index (χ4v) is 1.78. The highest BCUT2D eigenvalue weighted by Gasteiger charge is 2.27. The molecular formula is C10H16F3N3S. The van der Waals surface area contributed by atoms with Gasteiger partial charge >= 0.3 is 5.51 Å².